The third-order valence-corrected chi connectivity index (χ3v) is 8.88. The molecule has 2 nitrogen and oxygen atoms in total. The summed E-state index contributed by atoms with van der Waals surface area (Å²) in [6.45, 7) is 5.56. The maximum atomic E-state index is 14.7. The quantitative estimate of drug-likeness (QED) is 0.307. The topological polar surface area (TPSA) is 18.5 Å². The van der Waals surface area contributed by atoms with Crippen molar-refractivity contribution in [3.8, 4) is 5.75 Å². The zero-order valence-corrected chi connectivity index (χ0v) is 20.8. The van der Waals surface area contributed by atoms with Crippen molar-refractivity contribution in [2.75, 3.05) is 13.2 Å². The molecule has 0 heterocycles. The Kier molecular flexibility index (Phi) is 9.07. The Balaban J connectivity index is 1.22. The largest absolute Gasteiger partial charge is 0.490 e. The highest BCUT2D eigenvalue weighted by atomic mass is 19.2. The number of ether oxygens (including phenoxy) is 2. The lowest BCUT2D eigenvalue weighted by molar-refractivity contribution is -0.00340. The van der Waals surface area contributed by atoms with E-state index in [9.17, 15) is 8.78 Å². The second-order valence-corrected chi connectivity index (χ2v) is 10.9. The fourth-order valence-corrected chi connectivity index (χ4v) is 7.05. The Bertz CT molecular complexity index is 743. The van der Waals surface area contributed by atoms with E-state index in [2.05, 4.69) is 6.92 Å². The van der Waals surface area contributed by atoms with Crippen molar-refractivity contribution >= 4 is 0 Å². The maximum Gasteiger partial charge on any atom is 0.200 e. The van der Waals surface area contributed by atoms with Gasteiger partial charge in [0.15, 0.2) is 11.6 Å². The van der Waals surface area contributed by atoms with Gasteiger partial charge in [-0.15, -0.1) is 0 Å². The second kappa shape index (κ2) is 12.0. The minimum absolute atomic E-state index is 0.0319. The third kappa shape index (κ3) is 5.92. The number of unbranched alkanes of at least 4 members (excludes halogenated alkanes) is 2. The van der Waals surface area contributed by atoms with E-state index in [1.807, 2.05) is 6.92 Å². The van der Waals surface area contributed by atoms with Gasteiger partial charge in [0.1, 0.15) is 0 Å². The summed E-state index contributed by atoms with van der Waals surface area (Å²) in [5.41, 5.74) is 0.508. The van der Waals surface area contributed by atoms with Crippen LogP contribution in [0.15, 0.2) is 12.1 Å². The summed E-state index contributed by atoms with van der Waals surface area (Å²) >= 11 is 0. The molecule has 0 radical (unpaired) electrons. The van der Waals surface area contributed by atoms with Crippen LogP contribution in [0.2, 0.25) is 0 Å². The first-order valence-corrected chi connectivity index (χ1v) is 13.8. The summed E-state index contributed by atoms with van der Waals surface area (Å²) in [5, 5.41) is 0. The molecule has 186 valence electrons. The van der Waals surface area contributed by atoms with Crippen LogP contribution in [0, 0.1) is 35.3 Å². The molecule has 0 N–H and O–H groups in total. The zero-order chi connectivity index (χ0) is 23.2. The van der Waals surface area contributed by atoms with Crippen LogP contribution in [0.1, 0.15) is 109 Å². The lowest BCUT2D eigenvalue weighted by atomic mass is 9.82. The van der Waals surface area contributed by atoms with Gasteiger partial charge in [-0.2, -0.15) is 4.39 Å². The molecule has 3 saturated carbocycles. The summed E-state index contributed by atoms with van der Waals surface area (Å²) < 4.78 is 40.9. The highest BCUT2D eigenvalue weighted by Gasteiger charge is 2.44. The maximum absolute atomic E-state index is 14.7. The van der Waals surface area contributed by atoms with E-state index in [4.69, 9.17) is 9.47 Å². The van der Waals surface area contributed by atoms with Gasteiger partial charge in [0.05, 0.1) is 19.3 Å². The molecule has 4 atom stereocenters. The van der Waals surface area contributed by atoms with E-state index in [0.29, 0.717) is 12.2 Å². The van der Waals surface area contributed by atoms with Crippen molar-refractivity contribution in [3.05, 3.63) is 29.3 Å². The molecule has 4 unspecified atom stereocenters. The van der Waals surface area contributed by atoms with Crippen LogP contribution >= 0.6 is 0 Å². The minimum Gasteiger partial charge on any atom is -0.490 e. The van der Waals surface area contributed by atoms with E-state index in [-0.39, 0.29) is 17.8 Å². The van der Waals surface area contributed by atoms with Gasteiger partial charge in [-0.25, -0.2) is 4.39 Å². The summed E-state index contributed by atoms with van der Waals surface area (Å²) in [4.78, 5) is 0. The number of halogens is 2. The highest BCUT2D eigenvalue weighted by molar-refractivity contribution is 5.33. The predicted octanol–water partition coefficient (Wildman–Crippen LogP) is 8.43. The van der Waals surface area contributed by atoms with E-state index in [1.165, 1.54) is 51.4 Å². The average molecular weight is 463 g/mol. The molecular weight excluding hydrogens is 418 g/mol. The van der Waals surface area contributed by atoms with Gasteiger partial charge in [-0.05, 0) is 99.0 Å². The number of benzene rings is 1. The molecule has 3 aliphatic carbocycles. The van der Waals surface area contributed by atoms with Gasteiger partial charge >= 0.3 is 0 Å². The van der Waals surface area contributed by atoms with Gasteiger partial charge in [-0.3, -0.25) is 0 Å². The van der Waals surface area contributed by atoms with Crippen LogP contribution < -0.4 is 4.74 Å². The molecule has 0 aromatic heterocycles. The van der Waals surface area contributed by atoms with Crippen LogP contribution in [0.4, 0.5) is 8.78 Å². The van der Waals surface area contributed by atoms with Crippen molar-refractivity contribution in [1.29, 1.82) is 0 Å². The van der Waals surface area contributed by atoms with Crippen LogP contribution in [-0.4, -0.2) is 19.3 Å². The first kappa shape index (κ1) is 24.9. The molecule has 4 rings (SSSR count). The molecule has 1 aromatic carbocycles. The Morgan fingerprint density at radius 2 is 1.52 bits per heavy atom. The number of hydrogen-bond donors (Lipinski definition) is 0. The second-order valence-electron chi connectivity index (χ2n) is 10.9. The molecule has 0 amide bonds. The fraction of sp³-hybridized carbons (Fsp3) is 0.793. The van der Waals surface area contributed by atoms with E-state index < -0.39 is 11.6 Å². The number of hydrogen-bond acceptors (Lipinski definition) is 2. The van der Waals surface area contributed by atoms with E-state index in [0.717, 1.165) is 62.4 Å². The standard InChI is InChI=1S/C29H44F2O2/c1-3-5-6-7-20-10-14-25-22(11-15-24(20)25)19-33-23-12-8-21(9-13-23)26-16-17-27(32-18-4-2)29(31)28(26)30/h16-17,20-25H,3-15,18-19H2,1-2H3. The molecule has 3 aliphatic rings. The molecular formula is C29H44F2O2. The highest BCUT2D eigenvalue weighted by Crippen LogP contribution is 2.52. The molecule has 0 bridgehead atoms. The van der Waals surface area contributed by atoms with Gasteiger partial charge in [0.2, 0.25) is 5.82 Å². The Morgan fingerprint density at radius 1 is 0.788 bits per heavy atom. The van der Waals surface area contributed by atoms with Gasteiger partial charge in [0, 0.05) is 0 Å². The van der Waals surface area contributed by atoms with Crippen molar-refractivity contribution < 1.29 is 18.3 Å². The molecule has 33 heavy (non-hydrogen) atoms. The number of fused-ring (bicyclic) bond motifs is 1. The van der Waals surface area contributed by atoms with E-state index >= 15 is 0 Å². The third-order valence-electron chi connectivity index (χ3n) is 8.88. The normalized spacial score (nSPS) is 31.6. The summed E-state index contributed by atoms with van der Waals surface area (Å²) in [6.07, 6.45) is 15.8. The van der Waals surface area contributed by atoms with Crippen molar-refractivity contribution in [1.82, 2.24) is 0 Å². The van der Waals surface area contributed by atoms with Crippen LogP contribution in [0.25, 0.3) is 0 Å². The number of rotatable bonds is 11. The molecule has 4 heteroatoms. The Hall–Kier alpha value is -1.16. The van der Waals surface area contributed by atoms with Crippen LogP contribution in [0.3, 0.4) is 0 Å². The summed E-state index contributed by atoms with van der Waals surface area (Å²) in [7, 11) is 0. The van der Waals surface area contributed by atoms with Gasteiger partial charge < -0.3 is 9.47 Å². The van der Waals surface area contributed by atoms with Gasteiger partial charge in [-0.1, -0.05) is 45.6 Å². The monoisotopic (exact) mass is 462 g/mol. The smallest absolute Gasteiger partial charge is 0.200 e. The summed E-state index contributed by atoms with van der Waals surface area (Å²) in [6, 6.07) is 3.32. The lowest BCUT2D eigenvalue weighted by Gasteiger charge is -2.30. The SMILES string of the molecule is CCCCCC1CCC2C(COC3CCC(c4ccc(OCCC)c(F)c4F)CC3)CCC12. The molecule has 3 fully saturated rings. The lowest BCUT2D eigenvalue weighted by Crippen LogP contribution is -2.25. The Labute approximate surface area is 199 Å². The van der Waals surface area contributed by atoms with Crippen LogP contribution in [-0.2, 0) is 4.74 Å². The fourth-order valence-electron chi connectivity index (χ4n) is 7.05. The summed E-state index contributed by atoms with van der Waals surface area (Å²) in [5.74, 6) is 2.10. The Morgan fingerprint density at radius 3 is 2.24 bits per heavy atom. The molecule has 0 saturated heterocycles. The van der Waals surface area contributed by atoms with Crippen LogP contribution in [0.5, 0.6) is 5.75 Å². The van der Waals surface area contributed by atoms with Crippen molar-refractivity contribution in [3.63, 3.8) is 0 Å². The van der Waals surface area contributed by atoms with Crippen molar-refractivity contribution in [2.45, 2.75) is 109 Å². The zero-order valence-electron chi connectivity index (χ0n) is 20.8. The first-order chi connectivity index (χ1) is 16.1. The van der Waals surface area contributed by atoms with Gasteiger partial charge in [0.25, 0.3) is 0 Å². The predicted molar refractivity (Wildman–Crippen MR) is 130 cm³/mol. The van der Waals surface area contributed by atoms with E-state index in [1.54, 1.807) is 12.1 Å². The first-order valence-electron chi connectivity index (χ1n) is 13.8. The molecule has 0 spiro atoms. The minimum atomic E-state index is -0.834. The molecule has 1 aromatic rings. The molecule has 0 aliphatic heterocycles. The average Bonchev–Trinajstić information content (AvgIpc) is 3.42. The van der Waals surface area contributed by atoms with Crippen molar-refractivity contribution in [2.24, 2.45) is 23.7 Å².